The van der Waals surface area contributed by atoms with Gasteiger partial charge >= 0.3 is 5.97 Å². The first-order chi connectivity index (χ1) is 9.02. The molecule has 0 saturated carbocycles. The molecule has 0 aliphatic carbocycles. The van der Waals surface area contributed by atoms with Crippen LogP contribution >= 0.6 is 23.7 Å². The van der Waals surface area contributed by atoms with Crippen molar-refractivity contribution in [3.05, 3.63) is 39.7 Å². The smallest absolute Gasteiger partial charge is 0.335 e. The van der Waals surface area contributed by atoms with Crippen LogP contribution in [-0.2, 0) is 0 Å². The van der Waals surface area contributed by atoms with Crippen LogP contribution in [0.3, 0.4) is 0 Å². The zero-order valence-corrected chi connectivity index (χ0v) is 13.1. The maximum atomic E-state index is 10.8. The summed E-state index contributed by atoms with van der Waals surface area (Å²) in [6, 6.07) is 7.05. The van der Waals surface area contributed by atoms with Gasteiger partial charge in [-0.05, 0) is 33.0 Å². The van der Waals surface area contributed by atoms with E-state index in [1.54, 1.807) is 35.6 Å². The lowest BCUT2D eigenvalue weighted by molar-refractivity contribution is 0.0697. The van der Waals surface area contributed by atoms with Crippen molar-refractivity contribution in [2.45, 2.75) is 19.9 Å². The van der Waals surface area contributed by atoms with Gasteiger partial charge in [-0.3, -0.25) is 0 Å². The second kappa shape index (κ2) is 6.83. The number of hydrogen-bond donors (Lipinski definition) is 2. The maximum absolute atomic E-state index is 10.8. The first-order valence-electron chi connectivity index (χ1n) is 6.01. The Balaban J connectivity index is 0.00000200. The van der Waals surface area contributed by atoms with Crippen LogP contribution in [0.5, 0.6) is 0 Å². The summed E-state index contributed by atoms with van der Waals surface area (Å²) in [7, 11) is 1.91. The number of carboxylic acids is 1. The minimum Gasteiger partial charge on any atom is -0.478 e. The number of halogens is 1. The zero-order valence-electron chi connectivity index (χ0n) is 11.5. The molecule has 0 saturated heterocycles. The molecule has 108 valence electrons. The lowest BCUT2D eigenvalue weighted by Crippen LogP contribution is -2.11. The standard InChI is InChI=1S/C14H16N2O2S.ClH/c1-8(15-3)13-16-12(9(2)19-13)10-4-6-11(7-5-10)14(17)18;/h4-8,15H,1-3H3,(H,17,18);1H/t8-;/m0./s1. The minimum absolute atomic E-state index is 0. The number of aromatic carboxylic acids is 1. The van der Waals surface area contributed by atoms with E-state index in [0.29, 0.717) is 5.56 Å². The van der Waals surface area contributed by atoms with Crippen molar-refractivity contribution in [3.63, 3.8) is 0 Å². The van der Waals surface area contributed by atoms with Crippen molar-refractivity contribution < 1.29 is 9.90 Å². The Bertz CT molecular complexity index is 596. The molecule has 2 aromatic rings. The number of carbonyl (C=O) groups is 1. The van der Waals surface area contributed by atoms with E-state index < -0.39 is 5.97 Å². The highest BCUT2D eigenvalue weighted by Crippen LogP contribution is 2.30. The van der Waals surface area contributed by atoms with Crippen LogP contribution < -0.4 is 5.32 Å². The second-order valence-electron chi connectivity index (χ2n) is 4.35. The molecule has 1 heterocycles. The lowest BCUT2D eigenvalue weighted by Gasteiger charge is -2.04. The molecule has 0 bridgehead atoms. The van der Waals surface area contributed by atoms with E-state index in [2.05, 4.69) is 17.2 Å². The average molecular weight is 313 g/mol. The number of nitrogens with one attached hydrogen (secondary N) is 1. The Labute approximate surface area is 128 Å². The molecule has 4 nitrogen and oxygen atoms in total. The van der Waals surface area contributed by atoms with Crippen LogP contribution in [-0.4, -0.2) is 23.1 Å². The fourth-order valence-corrected chi connectivity index (χ4v) is 2.77. The van der Waals surface area contributed by atoms with Crippen LogP contribution in [0.2, 0.25) is 0 Å². The summed E-state index contributed by atoms with van der Waals surface area (Å²) in [4.78, 5) is 16.6. The molecular weight excluding hydrogens is 296 g/mol. The van der Waals surface area contributed by atoms with E-state index in [4.69, 9.17) is 5.11 Å². The topological polar surface area (TPSA) is 62.2 Å². The highest BCUT2D eigenvalue weighted by Gasteiger charge is 2.14. The number of thiazole rings is 1. The molecule has 1 aromatic heterocycles. The van der Waals surface area contributed by atoms with Gasteiger partial charge in [-0.25, -0.2) is 9.78 Å². The third-order valence-electron chi connectivity index (χ3n) is 3.02. The van der Waals surface area contributed by atoms with E-state index in [1.165, 1.54) is 0 Å². The normalized spacial score (nSPS) is 11.8. The Morgan fingerprint density at radius 3 is 2.45 bits per heavy atom. The van der Waals surface area contributed by atoms with Gasteiger partial charge in [-0.2, -0.15) is 0 Å². The molecule has 1 aromatic carbocycles. The van der Waals surface area contributed by atoms with Gasteiger partial charge in [-0.1, -0.05) is 12.1 Å². The van der Waals surface area contributed by atoms with Crippen molar-refractivity contribution in [2.24, 2.45) is 0 Å². The highest BCUT2D eigenvalue weighted by atomic mass is 35.5. The third kappa shape index (κ3) is 3.36. The predicted octanol–water partition coefficient (Wildman–Crippen LogP) is 3.52. The van der Waals surface area contributed by atoms with Crippen molar-refractivity contribution in [1.82, 2.24) is 10.3 Å². The van der Waals surface area contributed by atoms with E-state index in [-0.39, 0.29) is 18.4 Å². The van der Waals surface area contributed by atoms with Gasteiger partial charge in [0.15, 0.2) is 0 Å². The maximum Gasteiger partial charge on any atom is 0.335 e. The number of carboxylic acid groups (broad SMARTS) is 1. The summed E-state index contributed by atoms with van der Waals surface area (Å²) in [6.07, 6.45) is 0. The number of hydrogen-bond acceptors (Lipinski definition) is 4. The minimum atomic E-state index is -0.911. The number of nitrogens with zero attached hydrogens (tertiary/aromatic N) is 1. The molecule has 6 heteroatoms. The zero-order chi connectivity index (χ0) is 14.0. The molecule has 20 heavy (non-hydrogen) atoms. The summed E-state index contributed by atoms with van der Waals surface area (Å²) in [5.41, 5.74) is 2.17. The van der Waals surface area contributed by atoms with Crippen molar-refractivity contribution in [2.75, 3.05) is 7.05 Å². The van der Waals surface area contributed by atoms with Crippen LogP contribution in [0.25, 0.3) is 11.3 Å². The lowest BCUT2D eigenvalue weighted by atomic mass is 10.1. The Morgan fingerprint density at radius 1 is 1.35 bits per heavy atom. The Kier molecular flexibility index (Phi) is 5.68. The molecule has 1 atom stereocenters. The average Bonchev–Trinajstić information content (AvgIpc) is 2.80. The molecule has 0 unspecified atom stereocenters. The quantitative estimate of drug-likeness (QED) is 0.906. The molecule has 0 spiro atoms. The van der Waals surface area contributed by atoms with E-state index in [9.17, 15) is 4.79 Å². The molecule has 0 aliphatic rings. The van der Waals surface area contributed by atoms with Gasteiger partial charge in [-0.15, -0.1) is 23.7 Å². The summed E-state index contributed by atoms with van der Waals surface area (Å²) in [6.45, 7) is 4.10. The fourth-order valence-electron chi connectivity index (χ4n) is 1.76. The van der Waals surface area contributed by atoms with E-state index in [0.717, 1.165) is 21.1 Å². The molecular formula is C14H17ClN2O2S. The largest absolute Gasteiger partial charge is 0.478 e. The summed E-state index contributed by atoms with van der Waals surface area (Å²) < 4.78 is 0. The van der Waals surface area contributed by atoms with Gasteiger partial charge in [0.25, 0.3) is 0 Å². The van der Waals surface area contributed by atoms with E-state index >= 15 is 0 Å². The molecule has 0 fully saturated rings. The summed E-state index contributed by atoms with van der Waals surface area (Å²) >= 11 is 1.66. The van der Waals surface area contributed by atoms with Crippen molar-refractivity contribution in [1.29, 1.82) is 0 Å². The third-order valence-corrected chi connectivity index (χ3v) is 4.18. The Morgan fingerprint density at radius 2 is 1.95 bits per heavy atom. The van der Waals surface area contributed by atoms with Crippen LogP contribution in [0.4, 0.5) is 0 Å². The Hall–Kier alpha value is -1.43. The molecule has 2 N–H and O–H groups in total. The summed E-state index contributed by atoms with van der Waals surface area (Å²) in [5.74, 6) is -0.911. The van der Waals surface area contributed by atoms with Gasteiger partial charge in [0, 0.05) is 10.4 Å². The SMILES string of the molecule is CN[C@@H](C)c1nc(-c2ccc(C(=O)O)cc2)c(C)s1.Cl. The first-order valence-corrected chi connectivity index (χ1v) is 6.83. The number of benzene rings is 1. The van der Waals surface area contributed by atoms with Gasteiger partial charge < -0.3 is 10.4 Å². The van der Waals surface area contributed by atoms with Crippen LogP contribution in [0, 0.1) is 6.92 Å². The molecule has 0 amide bonds. The fraction of sp³-hybridized carbons (Fsp3) is 0.286. The van der Waals surface area contributed by atoms with Crippen molar-refractivity contribution in [3.8, 4) is 11.3 Å². The second-order valence-corrected chi connectivity index (χ2v) is 5.58. The highest BCUT2D eigenvalue weighted by molar-refractivity contribution is 7.12. The summed E-state index contributed by atoms with van der Waals surface area (Å²) in [5, 5.41) is 13.1. The molecule has 0 aliphatic heterocycles. The number of aryl methyl sites for hydroxylation is 1. The molecule has 0 radical (unpaired) electrons. The van der Waals surface area contributed by atoms with Gasteiger partial charge in [0.1, 0.15) is 5.01 Å². The molecule has 2 rings (SSSR count). The predicted molar refractivity (Wildman–Crippen MR) is 84.0 cm³/mol. The van der Waals surface area contributed by atoms with Crippen LogP contribution in [0.15, 0.2) is 24.3 Å². The number of aromatic nitrogens is 1. The van der Waals surface area contributed by atoms with Crippen molar-refractivity contribution >= 4 is 29.7 Å². The first kappa shape index (κ1) is 16.6. The van der Waals surface area contributed by atoms with Crippen LogP contribution in [0.1, 0.15) is 33.2 Å². The monoisotopic (exact) mass is 312 g/mol. The number of rotatable bonds is 4. The van der Waals surface area contributed by atoms with Gasteiger partial charge in [0.05, 0.1) is 17.3 Å². The van der Waals surface area contributed by atoms with E-state index in [1.807, 2.05) is 14.0 Å². The van der Waals surface area contributed by atoms with Gasteiger partial charge in [0.2, 0.25) is 0 Å².